The van der Waals surface area contributed by atoms with Crippen molar-refractivity contribution in [2.45, 2.75) is 32.6 Å². The maximum atomic E-state index is 12.1. The van der Waals surface area contributed by atoms with Crippen molar-refractivity contribution in [3.05, 3.63) is 24.3 Å². The molecule has 0 aliphatic heterocycles. The summed E-state index contributed by atoms with van der Waals surface area (Å²) in [7, 11) is 3.73. The maximum absolute atomic E-state index is 12.1. The number of carbonyl (C=O) groups is 1. The van der Waals surface area contributed by atoms with Crippen LogP contribution in [0.2, 0.25) is 0 Å². The van der Waals surface area contributed by atoms with Crippen molar-refractivity contribution >= 4 is 11.5 Å². The van der Waals surface area contributed by atoms with Crippen molar-refractivity contribution in [3.63, 3.8) is 0 Å². The lowest BCUT2D eigenvalue weighted by molar-refractivity contribution is -0.125. The Bertz CT molecular complexity index is 441. The zero-order chi connectivity index (χ0) is 14.5. The van der Waals surface area contributed by atoms with Crippen LogP contribution in [0.25, 0.3) is 0 Å². The highest BCUT2D eigenvalue weighted by Gasteiger charge is 2.28. The van der Waals surface area contributed by atoms with E-state index >= 15 is 0 Å². The minimum atomic E-state index is 0.195. The fourth-order valence-corrected chi connectivity index (χ4v) is 3.02. The summed E-state index contributed by atoms with van der Waals surface area (Å²) < 4.78 is 5.17. The van der Waals surface area contributed by atoms with E-state index in [1.807, 2.05) is 24.3 Å². The van der Waals surface area contributed by atoms with Crippen LogP contribution < -0.4 is 9.64 Å². The highest BCUT2D eigenvalue weighted by Crippen LogP contribution is 2.30. The fourth-order valence-electron chi connectivity index (χ4n) is 3.02. The third-order valence-corrected chi connectivity index (χ3v) is 4.46. The molecule has 0 bridgehead atoms. The van der Waals surface area contributed by atoms with E-state index in [9.17, 15) is 4.79 Å². The Morgan fingerprint density at radius 3 is 2.60 bits per heavy atom. The fraction of sp³-hybridized carbons (Fsp3) is 0.588. The van der Waals surface area contributed by atoms with Gasteiger partial charge in [-0.15, -0.1) is 0 Å². The lowest BCUT2D eigenvalue weighted by Crippen LogP contribution is -2.34. The van der Waals surface area contributed by atoms with Crippen LogP contribution in [0.1, 0.15) is 32.6 Å². The third kappa shape index (κ3) is 3.53. The molecule has 1 aromatic carbocycles. The Balaban J connectivity index is 1.98. The van der Waals surface area contributed by atoms with Gasteiger partial charge < -0.3 is 9.64 Å². The number of ether oxygens (including phenoxy) is 1. The van der Waals surface area contributed by atoms with Gasteiger partial charge in [-0.05, 0) is 43.0 Å². The summed E-state index contributed by atoms with van der Waals surface area (Å²) in [4.78, 5) is 14.3. The molecule has 1 aliphatic carbocycles. The molecular weight excluding hydrogens is 250 g/mol. The highest BCUT2D eigenvalue weighted by atomic mass is 16.5. The van der Waals surface area contributed by atoms with E-state index in [1.54, 1.807) is 7.11 Å². The first-order valence-electron chi connectivity index (χ1n) is 7.52. The van der Waals surface area contributed by atoms with E-state index in [-0.39, 0.29) is 5.92 Å². The zero-order valence-electron chi connectivity index (χ0n) is 12.8. The molecule has 0 saturated heterocycles. The van der Waals surface area contributed by atoms with Gasteiger partial charge in [-0.1, -0.05) is 13.3 Å². The van der Waals surface area contributed by atoms with Crippen molar-refractivity contribution in [1.29, 1.82) is 0 Å². The summed E-state index contributed by atoms with van der Waals surface area (Å²) in [5.41, 5.74) is 1.14. The van der Waals surface area contributed by atoms with Gasteiger partial charge in [-0.25, -0.2) is 0 Å². The van der Waals surface area contributed by atoms with Gasteiger partial charge in [-0.2, -0.15) is 0 Å². The van der Waals surface area contributed by atoms with Gasteiger partial charge >= 0.3 is 0 Å². The first kappa shape index (κ1) is 14.9. The van der Waals surface area contributed by atoms with Gasteiger partial charge in [-0.3, -0.25) is 4.79 Å². The van der Waals surface area contributed by atoms with Crippen molar-refractivity contribution in [2.24, 2.45) is 11.8 Å². The standard InChI is InChI=1S/C17H25NO2/c1-4-13-5-10-17(19)14(11-13)12-18(2)15-6-8-16(20-3)9-7-15/h6-9,13-14H,4-5,10-12H2,1-3H3. The smallest absolute Gasteiger partial charge is 0.137 e. The average Bonchev–Trinajstić information content (AvgIpc) is 2.49. The summed E-state index contributed by atoms with van der Waals surface area (Å²) in [6, 6.07) is 8.01. The normalized spacial score (nSPS) is 22.6. The summed E-state index contributed by atoms with van der Waals surface area (Å²) in [6.07, 6.45) is 4.09. The van der Waals surface area contributed by atoms with Gasteiger partial charge in [0.05, 0.1) is 7.11 Å². The Morgan fingerprint density at radius 1 is 1.30 bits per heavy atom. The molecule has 0 spiro atoms. The number of benzene rings is 1. The molecule has 3 nitrogen and oxygen atoms in total. The minimum Gasteiger partial charge on any atom is -0.497 e. The predicted octanol–water partition coefficient (Wildman–Crippen LogP) is 3.53. The van der Waals surface area contributed by atoms with Crippen molar-refractivity contribution in [2.75, 3.05) is 25.6 Å². The molecule has 2 unspecified atom stereocenters. The monoisotopic (exact) mass is 275 g/mol. The Labute approximate surface area is 121 Å². The Kier molecular flexibility index (Phi) is 5.05. The van der Waals surface area contributed by atoms with E-state index < -0.39 is 0 Å². The molecule has 0 heterocycles. The number of methoxy groups -OCH3 is 1. The van der Waals surface area contributed by atoms with Crippen LogP contribution >= 0.6 is 0 Å². The second-order valence-corrected chi connectivity index (χ2v) is 5.79. The van der Waals surface area contributed by atoms with Crippen molar-refractivity contribution < 1.29 is 9.53 Å². The number of hydrogen-bond acceptors (Lipinski definition) is 3. The molecule has 3 heteroatoms. The number of Topliss-reactive ketones (excluding diaryl/α,β-unsaturated/α-hetero) is 1. The lowest BCUT2D eigenvalue weighted by Gasteiger charge is -2.31. The number of anilines is 1. The van der Waals surface area contributed by atoms with Gasteiger partial charge in [0.25, 0.3) is 0 Å². The quantitative estimate of drug-likeness (QED) is 0.823. The molecule has 2 rings (SSSR count). The average molecular weight is 275 g/mol. The molecule has 1 aromatic rings. The maximum Gasteiger partial charge on any atom is 0.137 e. The van der Waals surface area contributed by atoms with E-state index in [0.717, 1.165) is 43.2 Å². The van der Waals surface area contributed by atoms with Gasteiger partial charge in [0.2, 0.25) is 0 Å². The molecular formula is C17H25NO2. The molecule has 0 N–H and O–H groups in total. The molecule has 0 radical (unpaired) electrons. The molecule has 1 fully saturated rings. The van der Waals surface area contributed by atoms with E-state index in [4.69, 9.17) is 4.74 Å². The number of rotatable bonds is 5. The highest BCUT2D eigenvalue weighted by molar-refractivity contribution is 5.82. The molecule has 20 heavy (non-hydrogen) atoms. The summed E-state index contributed by atoms with van der Waals surface area (Å²) in [5.74, 6) is 2.22. The van der Waals surface area contributed by atoms with Crippen LogP contribution in [0.3, 0.4) is 0 Å². The molecule has 110 valence electrons. The second kappa shape index (κ2) is 6.78. The number of hydrogen-bond donors (Lipinski definition) is 0. The van der Waals surface area contributed by atoms with Crippen LogP contribution in [0.5, 0.6) is 5.75 Å². The topological polar surface area (TPSA) is 29.5 Å². The van der Waals surface area contributed by atoms with Crippen LogP contribution in [0.4, 0.5) is 5.69 Å². The largest absolute Gasteiger partial charge is 0.497 e. The van der Waals surface area contributed by atoms with Crippen molar-refractivity contribution in [3.8, 4) is 5.75 Å². The van der Waals surface area contributed by atoms with E-state index in [0.29, 0.717) is 5.78 Å². The molecule has 0 aromatic heterocycles. The predicted molar refractivity (Wildman–Crippen MR) is 82.4 cm³/mol. The second-order valence-electron chi connectivity index (χ2n) is 5.79. The first-order chi connectivity index (χ1) is 9.63. The first-order valence-corrected chi connectivity index (χ1v) is 7.52. The van der Waals surface area contributed by atoms with E-state index in [1.165, 1.54) is 6.42 Å². The minimum absolute atomic E-state index is 0.195. The molecule has 0 amide bonds. The molecule has 1 aliphatic rings. The summed E-state index contributed by atoms with van der Waals surface area (Å²) in [5, 5.41) is 0. The SMILES string of the molecule is CCC1CCC(=O)C(CN(C)c2ccc(OC)cc2)C1. The van der Waals surface area contributed by atoms with Crippen LogP contribution in [0, 0.1) is 11.8 Å². The van der Waals surface area contributed by atoms with Crippen LogP contribution in [-0.2, 0) is 4.79 Å². The number of carbonyl (C=O) groups excluding carboxylic acids is 1. The van der Waals surface area contributed by atoms with Gasteiger partial charge in [0, 0.05) is 31.6 Å². The Morgan fingerprint density at radius 2 is 2.00 bits per heavy atom. The summed E-state index contributed by atoms with van der Waals surface area (Å²) >= 11 is 0. The van der Waals surface area contributed by atoms with Crippen LogP contribution in [0.15, 0.2) is 24.3 Å². The number of ketones is 1. The van der Waals surface area contributed by atoms with Gasteiger partial charge in [0.1, 0.15) is 11.5 Å². The Hall–Kier alpha value is -1.51. The lowest BCUT2D eigenvalue weighted by atomic mass is 9.79. The van der Waals surface area contributed by atoms with Crippen LogP contribution in [-0.4, -0.2) is 26.5 Å². The number of nitrogens with zero attached hydrogens (tertiary/aromatic N) is 1. The molecule has 1 saturated carbocycles. The molecule has 2 atom stereocenters. The third-order valence-electron chi connectivity index (χ3n) is 4.46. The zero-order valence-corrected chi connectivity index (χ0v) is 12.8. The van der Waals surface area contributed by atoms with E-state index in [2.05, 4.69) is 18.9 Å². The summed E-state index contributed by atoms with van der Waals surface area (Å²) in [6.45, 7) is 3.05. The van der Waals surface area contributed by atoms with Crippen molar-refractivity contribution in [1.82, 2.24) is 0 Å². The van der Waals surface area contributed by atoms with Gasteiger partial charge in [0.15, 0.2) is 0 Å².